The highest BCUT2D eigenvalue weighted by Gasteiger charge is 2.32. The molecule has 2 rings (SSSR count). The molecule has 0 saturated carbocycles. The van der Waals surface area contributed by atoms with Gasteiger partial charge in [0.2, 0.25) is 5.91 Å². The standard InChI is InChI=1S/C10H13N7O/c11-7-3-14-4-8(12)10(7)17-5-6(1-9(17)18)2-15-16-13/h3-4,6H,1-2,5,11-12H2. The molecule has 0 radical (unpaired) electrons. The third-order valence-corrected chi connectivity index (χ3v) is 2.85. The zero-order valence-electron chi connectivity index (χ0n) is 9.65. The van der Waals surface area contributed by atoms with Crippen LogP contribution in [0.25, 0.3) is 10.4 Å². The SMILES string of the molecule is [N-]=[N+]=NCC1CC(=O)N(c2c(N)cncc2N)C1. The van der Waals surface area contributed by atoms with Crippen LogP contribution in [0.1, 0.15) is 6.42 Å². The first-order valence-corrected chi connectivity index (χ1v) is 5.43. The minimum atomic E-state index is -0.0715. The van der Waals surface area contributed by atoms with E-state index in [1.807, 2.05) is 0 Å². The lowest BCUT2D eigenvalue weighted by molar-refractivity contribution is -0.117. The van der Waals surface area contributed by atoms with Crippen molar-refractivity contribution in [2.75, 3.05) is 29.5 Å². The molecule has 1 amide bonds. The number of nitrogens with two attached hydrogens (primary N) is 2. The van der Waals surface area contributed by atoms with Gasteiger partial charge in [-0.15, -0.1) is 0 Å². The topological polar surface area (TPSA) is 134 Å². The second kappa shape index (κ2) is 4.80. The van der Waals surface area contributed by atoms with Crippen LogP contribution >= 0.6 is 0 Å². The molecule has 0 aromatic carbocycles. The molecule has 2 heterocycles. The van der Waals surface area contributed by atoms with Crippen LogP contribution < -0.4 is 16.4 Å². The summed E-state index contributed by atoms with van der Waals surface area (Å²) in [5, 5.41) is 3.49. The van der Waals surface area contributed by atoms with Crippen LogP contribution in [-0.2, 0) is 4.79 Å². The first-order valence-electron chi connectivity index (χ1n) is 5.43. The summed E-state index contributed by atoms with van der Waals surface area (Å²) >= 11 is 0. The van der Waals surface area contributed by atoms with Gasteiger partial charge < -0.3 is 16.4 Å². The molecule has 1 aliphatic rings. The quantitative estimate of drug-likeness (QED) is 0.466. The smallest absolute Gasteiger partial charge is 0.227 e. The van der Waals surface area contributed by atoms with Gasteiger partial charge in [0.1, 0.15) is 0 Å². The van der Waals surface area contributed by atoms with E-state index in [9.17, 15) is 4.79 Å². The molecule has 18 heavy (non-hydrogen) atoms. The summed E-state index contributed by atoms with van der Waals surface area (Å²) in [6.45, 7) is 0.750. The van der Waals surface area contributed by atoms with Gasteiger partial charge in [-0.1, -0.05) is 5.11 Å². The van der Waals surface area contributed by atoms with Gasteiger partial charge in [-0.25, -0.2) is 0 Å². The first-order chi connectivity index (χ1) is 8.63. The van der Waals surface area contributed by atoms with Crippen molar-refractivity contribution in [2.24, 2.45) is 11.0 Å². The van der Waals surface area contributed by atoms with E-state index in [1.165, 1.54) is 17.3 Å². The number of nitrogens with zero attached hydrogens (tertiary/aromatic N) is 5. The van der Waals surface area contributed by atoms with E-state index >= 15 is 0 Å². The molecule has 1 aromatic heterocycles. The van der Waals surface area contributed by atoms with E-state index in [-0.39, 0.29) is 11.8 Å². The Morgan fingerprint density at radius 1 is 1.50 bits per heavy atom. The number of nitrogen functional groups attached to an aromatic ring is 2. The summed E-state index contributed by atoms with van der Waals surface area (Å²) in [6, 6.07) is 0. The molecule has 1 fully saturated rings. The van der Waals surface area contributed by atoms with Crippen molar-refractivity contribution < 1.29 is 4.79 Å². The molecule has 1 atom stereocenters. The highest BCUT2D eigenvalue weighted by Crippen LogP contribution is 2.33. The number of hydrogen-bond donors (Lipinski definition) is 2. The number of rotatable bonds is 3. The summed E-state index contributed by atoms with van der Waals surface area (Å²) < 4.78 is 0. The van der Waals surface area contributed by atoms with E-state index in [1.54, 1.807) is 0 Å². The summed E-state index contributed by atoms with van der Waals surface area (Å²) in [5.74, 6) is -0.0712. The van der Waals surface area contributed by atoms with Gasteiger partial charge in [0, 0.05) is 24.4 Å². The van der Waals surface area contributed by atoms with Gasteiger partial charge >= 0.3 is 0 Å². The van der Waals surface area contributed by atoms with Crippen molar-refractivity contribution in [3.63, 3.8) is 0 Å². The zero-order chi connectivity index (χ0) is 13.1. The van der Waals surface area contributed by atoms with E-state index in [4.69, 9.17) is 17.0 Å². The van der Waals surface area contributed by atoms with Crippen molar-refractivity contribution in [3.8, 4) is 0 Å². The second-order valence-electron chi connectivity index (χ2n) is 4.15. The molecular formula is C10H13N7O. The maximum atomic E-state index is 11.9. The zero-order valence-corrected chi connectivity index (χ0v) is 9.65. The van der Waals surface area contributed by atoms with Crippen LogP contribution in [0.4, 0.5) is 17.1 Å². The number of hydrogen-bond acceptors (Lipinski definition) is 5. The Bertz CT molecular complexity index is 503. The Hall–Kier alpha value is -2.47. The van der Waals surface area contributed by atoms with Gasteiger partial charge in [-0.3, -0.25) is 9.78 Å². The summed E-state index contributed by atoms with van der Waals surface area (Å²) in [5.41, 5.74) is 21.1. The second-order valence-corrected chi connectivity index (χ2v) is 4.15. The fourth-order valence-corrected chi connectivity index (χ4v) is 2.07. The number of aromatic nitrogens is 1. The molecule has 0 aliphatic carbocycles. The van der Waals surface area contributed by atoms with Gasteiger partial charge in [-0.05, 0) is 11.4 Å². The molecule has 0 bridgehead atoms. The van der Waals surface area contributed by atoms with E-state index < -0.39 is 0 Å². The van der Waals surface area contributed by atoms with Gasteiger partial charge in [-0.2, -0.15) is 0 Å². The maximum absolute atomic E-state index is 11.9. The highest BCUT2D eigenvalue weighted by atomic mass is 16.2. The van der Waals surface area contributed by atoms with E-state index in [0.29, 0.717) is 36.6 Å². The van der Waals surface area contributed by atoms with Crippen molar-refractivity contribution in [1.82, 2.24) is 4.98 Å². The van der Waals surface area contributed by atoms with Crippen LogP contribution in [-0.4, -0.2) is 24.0 Å². The fourth-order valence-electron chi connectivity index (χ4n) is 2.07. The molecular weight excluding hydrogens is 234 g/mol. The molecule has 1 aliphatic heterocycles. The summed E-state index contributed by atoms with van der Waals surface area (Å²) in [6.07, 6.45) is 3.25. The minimum Gasteiger partial charge on any atom is -0.396 e. The Morgan fingerprint density at radius 2 is 2.17 bits per heavy atom. The Kier molecular flexibility index (Phi) is 3.20. The van der Waals surface area contributed by atoms with Gasteiger partial charge in [0.05, 0.1) is 29.5 Å². The number of pyridine rings is 1. The van der Waals surface area contributed by atoms with Gasteiger partial charge in [0.15, 0.2) is 0 Å². The third-order valence-electron chi connectivity index (χ3n) is 2.85. The minimum absolute atomic E-state index is 0.000338. The van der Waals surface area contributed by atoms with Crippen LogP contribution in [0.2, 0.25) is 0 Å². The van der Waals surface area contributed by atoms with Crippen LogP contribution in [0.5, 0.6) is 0 Å². The normalized spacial score (nSPS) is 18.8. The number of carbonyl (C=O) groups excluding carboxylic acids is 1. The van der Waals surface area contributed by atoms with Gasteiger partial charge in [0.25, 0.3) is 0 Å². The molecule has 0 spiro atoms. The lowest BCUT2D eigenvalue weighted by atomic mass is 10.1. The lowest BCUT2D eigenvalue weighted by Crippen LogP contribution is -2.26. The number of anilines is 3. The Balaban J connectivity index is 2.24. The average Bonchev–Trinajstić information content (AvgIpc) is 2.68. The summed E-state index contributed by atoms with van der Waals surface area (Å²) in [7, 11) is 0. The van der Waals surface area contributed by atoms with Crippen LogP contribution in [0.15, 0.2) is 17.5 Å². The molecule has 8 heteroatoms. The summed E-state index contributed by atoms with van der Waals surface area (Å²) in [4.78, 5) is 20.0. The largest absolute Gasteiger partial charge is 0.396 e. The lowest BCUT2D eigenvalue weighted by Gasteiger charge is -2.20. The fraction of sp³-hybridized carbons (Fsp3) is 0.400. The number of amides is 1. The molecule has 1 unspecified atom stereocenters. The molecule has 94 valence electrons. The van der Waals surface area contributed by atoms with Crippen LogP contribution in [0.3, 0.4) is 0 Å². The van der Waals surface area contributed by atoms with E-state index in [2.05, 4.69) is 15.0 Å². The molecule has 1 saturated heterocycles. The number of azide groups is 1. The molecule has 4 N–H and O–H groups in total. The molecule has 1 aromatic rings. The number of carbonyl (C=O) groups is 1. The van der Waals surface area contributed by atoms with Crippen molar-refractivity contribution in [2.45, 2.75) is 6.42 Å². The van der Waals surface area contributed by atoms with Crippen molar-refractivity contribution in [1.29, 1.82) is 0 Å². The monoisotopic (exact) mass is 247 g/mol. The first kappa shape index (κ1) is 12.0. The molecule has 8 nitrogen and oxygen atoms in total. The highest BCUT2D eigenvalue weighted by molar-refractivity contribution is 6.01. The van der Waals surface area contributed by atoms with Crippen LogP contribution in [0, 0.1) is 5.92 Å². The predicted octanol–water partition coefficient (Wildman–Crippen LogP) is 0.909. The van der Waals surface area contributed by atoms with Crippen molar-refractivity contribution >= 4 is 23.0 Å². The Morgan fingerprint density at radius 3 is 2.78 bits per heavy atom. The Labute approximate surface area is 103 Å². The predicted molar refractivity (Wildman–Crippen MR) is 67.5 cm³/mol. The average molecular weight is 247 g/mol. The van der Waals surface area contributed by atoms with E-state index in [0.717, 1.165) is 0 Å². The maximum Gasteiger partial charge on any atom is 0.227 e. The van der Waals surface area contributed by atoms with Crippen molar-refractivity contribution in [3.05, 3.63) is 22.8 Å². The third kappa shape index (κ3) is 2.14.